The molecule has 1 aromatic heterocycles. The Morgan fingerprint density at radius 2 is 1.38 bits per heavy atom. The minimum Gasteiger partial charge on any atom is -0.480 e. The molecule has 17 heteroatoms. The van der Waals surface area contributed by atoms with Gasteiger partial charge in [0.25, 0.3) is 0 Å². The summed E-state index contributed by atoms with van der Waals surface area (Å²) in [5.41, 5.74) is 17.9. The standard InChI is InChI=1S/C30H44N8O8S/c1-4-15(2)25(30(45)46)38-29(44)22(13-24(33)40)37-27(42)20(11-16-14-34-19-8-6-5-7-17(16)19)36-28(43)21(12-23(32)39)35-26(41)18(31)9-10-47-3/h5-8,14-15,18,20-22,25,34H,4,9-13,31H2,1-3H3,(H2,32,39)(H2,33,40)(H,35,41)(H,36,43)(H,37,42)(H,38,44)(H,45,46)/t15-,18-,20-,21-,22-,25-/m0/s1. The molecular weight excluding hydrogens is 632 g/mol. The van der Waals surface area contributed by atoms with Crippen molar-refractivity contribution >= 4 is 64.1 Å². The first-order valence-corrected chi connectivity index (χ1v) is 16.4. The molecule has 0 unspecified atom stereocenters. The Hall–Kier alpha value is -4.64. The number of para-hydroxylation sites is 1. The minimum atomic E-state index is -1.59. The molecule has 1 aromatic carbocycles. The van der Waals surface area contributed by atoms with E-state index in [-0.39, 0.29) is 6.42 Å². The summed E-state index contributed by atoms with van der Waals surface area (Å²) in [5, 5.41) is 20.0. The molecule has 6 atom stereocenters. The Morgan fingerprint density at radius 1 is 0.851 bits per heavy atom. The summed E-state index contributed by atoms with van der Waals surface area (Å²) < 4.78 is 0. The number of fused-ring (bicyclic) bond motifs is 1. The molecule has 0 radical (unpaired) electrons. The largest absolute Gasteiger partial charge is 0.480 e. The summed E-state index contributed by atoms with van der Waals surface area (Å²) in [7, 11) is 0. The third-order valence-electron chi connectivity index (χ3n) is 7.56. The number of H-pyrrole nitrogens is 1. The summed E-state index contributed by atoms with van der Waals surface area (Å²) >= 11 is 1.47. The summed E-state index contributed by atoms with van der Waals surface area (Å²) in [4.78, 5) is 91.7. The minimum absolute atomic E-state index is 0.137. The van der Waals surface area contributed by atoms with Crippen LogP contribution in [0.3, 0.4) is 0 Å². The molecule has 0 fully saturated rings. The Labute approximate surface area is 276 Å². The van der Waals surface area contributed by atoms with Crippen molar-refractivity contribution in [3.05, 3.63) is 36.0 Å². The summed E-state index contributed by atoms with van der Waals surface area (Å²) in [6.07, 6.45) is 2.75. The SMILES string of the molecule is CC[C@H](C)[C@H](NC(=O)[C@H](CC(N)=O)NC(=O)[C@H](Cc1c[nH]c2ccccc12)NC(=O)[C@H](CC(N)=O)NC(=O)[C@@H](N)CCSC)C(=O)O. The van der Waals surface area contributed by atoms with Gasteiger partial charge in [0.2, 0.25) is 35.4 Å². The van der Waals surface area contributed by atoms with E-state index in [1.54, 1.807) is 44.3 Å². The highest BCUT2D eigenvalue weighted by Crippen LogP contribution is 2.19. The zero-order chi connectivity index (χ0) is 35.3. The van der Waals surface area contributed by atoms with Crippen molar-refractivity contribution in [1.29, 1.82) is 0 Å². The van der Waals surface area contributed by atoms with Crippen LogP contribution < -0.4 is 38.5 Å². The Kier molecular flexibility index (Phi) is 15.2. The summed E-state index contributed by atoms with van der Waals surface area (Å²) in [5.74, 6) is -6.63. The van der Waals surface area contributed by atoms with Crippen LogP contribution in [0.1, 0.15) is 45.1 Å². The number of carbonyl (C=O) groups excluding carboxylic acids is 6. The molecule has 47 heavy (non-hydrogen) atoms. The molecule has 0 saturated carbocycles. The van der Waals surface area contributed by atoms with E-state index in [1.165, 1.54) is 11.8 Å². The molecule has 0 spiro atoms. The Morgan fingerprint density at radius 3 is 1.94 bits per heavy atom. The number of hydrogen-bond donors (Lipinski definition) is 9. The molecule has 2 rings (SSSR count). The summed E-state index contributed by atoms with van der Waals surface area (Å²) in [6, 6.07) is 0.354. The lowest BCUT2D eigenvalue weighted by molar-refractivity contribution is -0.144. The summed E-state index contributed by atoms with van der Waals surface area (Å²) in [6.45, 7) is 3.35. The fourth-order valence-corrected chi connectivity index (χ4v) is 5.18. The first kappa shape index (κ1) is 38.5. The maximum atomic E-state index is 13.8. The van der Waals surface area contributed by atoms with Crippen molar-refractivity contribution in [2.24, 2.45) is 23.1 Å². The number of nitrogens with one attached hydrogen (secondary N) is 5. The first-order chi connectivity index (χ1) is 22.2. The lowest BCUT2D eigenvalue weighted by Gasteiger charge is -2.27. The van der Waals surface area contributed by atoms with Gasteiger partial charge in [0, 0.05) is 23.5 Å². The zero-order valence-electron chi connectivity index (χ0n) is 26.5. The van der Waals surface area contributed by atoms with Crippen LogP contribution in [0.4, 0.5) is 0 Å². The number of thioether (sulfide) groups is 1. The number of aromatic amines is 1. The van der Waals surface area contributed by atoms with E-state index >= 15 is 0 Å². The van der Waals surface area contributed by atoms with E-state index in [0.29, 0.717) is 24.2 Å². The van der Waals surface area contributed by atoms with Crippen molar-refractivity contribution in [3.8, 4) is 0 Å². The number of carbonyl (C=O) groups is 7. The second-order valence-electron chi connectivity index (χ2n) is 11.2. The second-order valence-corrected chi connectivity index (χ2v) is 12.2. The Balaban J connectivity index is 2.41. The highest BCUT2D eigenvalue weighted by atomic mass is 32.2. The number of nitrogens with two attached hydrogens (primary N) is 3. The molecule has 258 valence electrons. The predicted octanol–water partition coefficient (Wildman–Crippen LogP) is -1.39. The topological polar surface area (TPSA) is 282 Å². The lowest BCUT2D eigenvalue weighted by Crippen LogP contribution is -2.60. The number of carboxylic acids is 1. The predicted molar refractivity (Wildman–Crippen MR) is 175 cm³/mol. The highest BCUT2D eigenvalue weighted by molar-refractivity contribution is 7.98. The average molecular weight is 677 g/mol. The van der Waals surface area contributed by atoms with Gasteiger partial charge in [-0.05, 0) is 36.0 Å². The lowest BCUT2D eigenvalue weighted by atomic mass is 9.98. The fourth-order valence-electron chi connectivity index (χ4n) is 4.69. The van der Waals surface area contributed by atoms with Crippen LogP contribution in [0.5, 0.6) is 0 Å². The number of hydrogen-bond acceptors (Lipinski definition) is 9. The average Bonchev–Trinajstić information content (AvgIpc) is 3.42. The maximum Gasteiger partial charge on any atom is 0.326 e. The van der Waals surface area contributed by atoms with Crippen molar-refractivity contribution in [2.45, 2.75) is 76.2 Å². The van der Waals surface area contributed by atoms with Crippen molar-refractivity contribution in [3.63, 3.8) is 0 Å². The monoisotopic (exact) mass is 676 g/mol. The van der Waals surface area contributed by atoms with E-state index in [1.807, 2.05) is 6.26 Å². The molecule has 2 aromatic rings. The van der Waals surface area contributed by atoms with Crippen LogP contribution in [0.15, 0.2) is 30.5 Å². The molecule has 0 aliphatic carbocycles. The van der Waals surface area contributed by atoms with Gasteiger partial charge in [0.15, 0.2) is 0 Å². The Bertz CT molecular complexity index is 1450. The normalized spacial score (nSPS) is 14.9. The molecule has 16 nitrogen and oxygen atoms in total. The van der Waals surface area contributed by atoms with Crippen molar-refractivity contribution in [1.82, 2.24) is 26.3 Å². The number of aliphatic carboxylic acids is 1. The highest BCUT2D eigenvalue weighted by Gasteiger charge is 2.34. The van der Waals surface area contributed by atoms with Crippen LogP contribution in [-0.4, -0.2) is 93.7 Å². The number of primary amides is 2. The third kappa shape index (κ3) is 11.9. The van der Waals surface area contributed by atoms with Gasteiger partial charge in [-0.1, -0.05) is 38.5 Å². The molecular formula is C30H44N8O8S. The van der Waals surface area contributed by atoms with E-state index in [2.05, 4.69) is 26.3 Å². The van der Waals surface area contributed by atoms with Gasteiger partial charge in [-0.2, -0.15) is 11.8 Å². The molecule has 0 aliphatic heterocycles. The zero-order valence-corrected chi connectivity index (χ0v) is 27.4. The number of amides is 6. The third-order valence-corrected chi connectivity index (χ3v) is 8.20. The van der Waals surface area contributed by atoms with E-state index in [4.69, 9.17) is 17.2 Å². The molecule has 6 amide bonds. The van der Waals surface area contributed by atoms with Gasteiger partial charge >= 0.3 is 5.97 Å². The smallest absolute Gasteiger partial charge is 0.326 e. The van der Waals surface area contributed by atoms with Crippen molar-refractivity contribution in [2.75, 3.05) is 12.0 Å². The van der Waals surface area contributed by atoms with E-state index < -0.39 is 90.4 Å². The van der Waals surface area contributed by atoms with Gasteiger partial charge in [-0.3, -0.25) is 28.8 Å². The molecule has 0 saturated heterocycles. The van der Waals surface area contributed by atoms with Crippen LogP contribution in [0.25, 0.3) is 10.9 Å². The van der Waals surface area contributed by atoms with E-state index in [9.17, 15) is 38.7 Å². The van der Waals surface area contributed by atoms with Gasteiger partial charge < -0.3 is 48.6 Å². The fraction of sp³-hybridized carbons (Fsp3) is 0.500. The van der Waals surface area contributed by atoms with Gasteiger partial charge in [-0.25, -0.2) is 4.79 Å². The molecule has 12 N–H and O–H groups in total. The van der Waals surface area contributed by atoms with Gasteiger partial charge in [0.05, 0.1) is 18.9 Å². The quantitative estimate of drug-likeness (QED) is 0.0792. The van der Waals surface area contributed by atoms with Crippen LogP contribution >= 0.6 is 11.8 Å². The number of aromatic nitrogens is 1. The van der Waals surface area contributed by atoms with Gasteiger partial charge in [-0.15, -0.1) is 0 Å². The first-order valence-electron chi connectivity index (χ1n) is 15.0. The molecule has 0 bridgehead atoms. The van der Waals surface area contributed by atoms with Crippen LogP contribution in [0, 0.1) is 5.92 Å². The second kappa shape index (κ2) is 18.5. The molecule has 0 aliphatic rings. The van der Waals surface area contributed by atoms with Gasteiger partial charge in [0.1, 0.15) is 24.2 Å². The van der Waals surface area contributed by atoms with Crippen LogP contribution in [-0.2, 0) is 40.0 Å². The number of rotatable bonds is 20. The van der Waals surface area contributed by atoms with Crippen molar-refractivity contribution < 1.29 is 38.7 Å². The maximum absolute atomic E-state index is 13.8. The number of carboxylic acid groups (broad SMARTS) is 1. The van der Waals surface area contributed by atoms with E-state index in [0.717, 1.165) is 10.9 Å². The number of benzene rings is 1. The van der Waals surface area contributed by atoms with Crippen LogP contribution in [0.2, 0.25) is 0 Å². The molecule has 1 heterocycles.